The molecule has 0 aliphatic rings. The zero-order valence-corrected chi connectivity index (χ0v) is 7.17. The maximum atomic E-state index is 13.2. The molecule has 1 rings (SSSR count). The molecule has 0 radical (unpaired) electrons. The maximum absolute atomic E-state index is 13.2. The van der Waals surface area contributed by atoms with Gasteiger partial charge in [-0.15, -0.1) is 0 Å². The van der Waals surface area contributed by atoms with Crippen LogP contribution in [0.1, 0.15) is 19.6 Å². The average Bonchev–Trinajstić information content (AvgIpc) is 2.32. The Morgan fingerprint density at radius 3 is 2.77 bits per heavy atom. The lowest BCUT2D eigenvalue weighted by Crippen LogP contribution is -2.08. The van der Waals surface area contributed by atoms with Crippen molar-refractivity contribution in [3.05, 3.63) is 11.8 Å². The van der Waals surface area contributed by atoms with Crippen LogP contribution in [-0.4, -0.2) is 16.4 Å². The van der Waals surface area contributed by atoms with Crippen molar-refractivity contribution in [3.8, 4) is 0 Å². The van der Waals surface area contributed by atoms with E-state index >= 15 is 0 Å². The Balaban J connectivity index is 2.81. The first-order chi connectivity index (χ1) is 5.89. The van der Waals surface area contributed by atoms with E-state index in [1.165, 1.54) is 19.9 Å². The lowest BCUT2D eigenvalue weighted by Gasteiger charge is -2.06. The number of anilines is 1. The van der Waals surface area contributed by atoms with Crippen LogP contribution < -0.4 is 5.32 Å². The third kappa shape index (κ3) is 2.43. The van der Waals surface area contributed by atoms with Crippen LogP contribution in [0.15, 0.2) is 10.6 Å². The van der Waals surface area contributed by atoms with Crippen LogP contribution in [0.4, 0.5) is 15.0 Å². The van der Waals surface area contributed by atoms with Crippen molar-refractivity contribution in [2.45, 2.75) is 19.5 Å². The number of rotatable bonds is 2. The third-order valence-electron chi connectivity index (χ3n) is 1.33. The topological polar surface area (TPSA) is 75.4 Å². The fraction of sp³-hybridized carbons (Fsp3) is 0.429. The number of hydrogen-bond acceptors (Lipinski definition) is 3. The molecule has 13 heavy (non-hydrogen) atoms. The molecule has 0 saturated heterocycles. The third-order valence-corrected chi connectivity index (χ3v) is 1.33. The van der Waals surface area contributed by atoms with Gasteiger partial charge in [0.05, 0.1) is 0 Å². The van der Waals surface area contributed by atoms with Gasteiger partial charge in [0.2, 0.25) is 0 Å². The summed E-state index contributed by atoms with van der Waals surface area (Å²) in [5, 5.41) is 13.6. The van der Waals surface area contributed by atoms with Crippen LogP contribution in [0.5, 0.6) is 0 Å². The first-order valence-corrected chi connectivity index (χ1v) is 3.55. The van der Waals surface area contributed by atoms with Crippen molar-refractivity contribution < 1.29 is 18.8 Å². The molecule has 2 N–H and O–H groups in total. The Kier molecular flexibility index (Phi) is 2.22. The molecular weight excluding hydrogens is 179 g/mol. The molecule has 0 aliphatic heterocycles. The Hall–Kier alpha value is -1.59. The van der Waals surface area contributed by atoms with Gasteiger partial charge >= 0.3 is 6.09 Å². The summed E-state index contributed by atoms with van der Waals surface area (Å²) in [7, 11) is 0. The Bertz CT molecular complexity index is 316. The predicted octanol–water partition coefficient (Wildman–Crippen LogP) is 1.97. The molecule has 1 aromatic rings. The van der Waals surface area contributed by atoms with E-state index < -0.39 is 11.8 Å². The second-order valence-corrected chi connectivity index (χ2v) is 2.98. The molecular formula is C7H9FN2O3. The minimum absolute atomic E-state index is 0.0174. The van der Waals surface area contributed by atoms with Crippen LogP contribution in [0, 0.1) is 0 Å². The summed E-state index contributed by atoms with van der Waals surface area (Å²) in [4.78, 5) is 10.1. The van der Waals surface area contributed by atoms with Gasteiger partial charge in [0.1, 0.15) is 0 Å². The Labute approximate surface area is 73.5 Å². The van der Waals surface area contributed by atoms with Gasteiger partial charge in [0.15, 0.2) is 17.2 Å². The smallest absolute Gasteiger partial charge is 0.410 e. The standard InChI is InChI=1S/C7H9FN2O3/c1-7(2,8)4-3-5(10-13-4)9-6(11)12/h3H,1-2H3,(H,9,10)(H,11,12). The van der Waals surface area contributed by atoms with Gasteiger partial charge in [-0.05, 0) is 13.8 Å². The van der Waals surface area contributed by atoms with Gasteiger partial charge in [0.25, 0.3) is 0 Å². The van der Waals surface area contributed by atoms with Crippen molar-refractivity contribution in [1.29, 1.82) is 0 Å². The molecule has 0 aromatic carbocycles. The van der Waals surface area contributed by atoms with E-state index in [9.17, 15) is 9.18 Å². The summed E-state index contributed by atoms with van der Waals surface area (Å²) in [5.74, 6) is -0.0375. The number of hydrogen-bond donors (Lipinski definition) is 2. The summed E-state index contributed by atoms with van der Waals surface area (Å²) in [6, 6.07) is 1.20. The molecule has 0 spiro atoms. The molecule has 1 heterocycles. The Morgan fingerprint density at radius 2 is 2.38 bits per heavy atom. The predicted molar refractivity (Wildman–Crippen MR) is 42.3 cm³/mol. The number of carboxylic acid groups (broad SMARTS) is 1. The first-order valence-electron chi connectivity index (χ1n) is 3.55. The largest absolute Gasteiger partial charge is 0.465 e. The van der Waals surface area contributed by atoms with E-state index in [0.29, 0.717) is 0 Å². The van der Waals surface area contributed by atoms with Crippen molar-refractivity contribution >= 4 is 11.9 Å². The van der Waals surface area contributed by atoms with E-state index in [1.807, 2.05) is 5.32 Å². The summed E-state index contributed by atoms with van der Waals surface area (Å²) < 4.78 is 17.7. The zero-order chi connectivity index (χ0) is 10.1. The summed E-state index contributed by atoms with van der Waals surface area (Å²) in [6.07, 6.45) is -1.27. The number of aromatic nitrogens is 1. The molecule has 1 amide bonds. The number of nitrogens with zero attached hydrogens (tertiary/aromatic N) is 1. The van der Waals surface area contributed by atoms with E-state index in [0.717, 1.165) is 0 Å². The summed E-state index contributed by atoms with van der Waals surface area (Å²) in [6.45, 7) is 2.58. The molecule has 0 atom stereocenters. The van der Waals surface area contributed by atoms with Crippen molar-refractivity contribution in [2.24, 2.45) is 0 Å². The monoisotopic (exact) mass is 188 g/mol. The van der Waals surface area contributed by atoms with Crippen LogP contribution in [-0.2, 0) is 5.67 Å². The SMILES string of the molecule is CC(C)(F)c1cc(NC(=O)O)no1. The molecule has 0 fully saturated rings. The second-order valence-electron chi connectivity index (χ2n) is 2.98. The van der Waals surface area contributed by atoms with Crippen LogP contribution >= 0.6 is 0 Å². The number of carbonyl (C=O) groups is 1. The number of alkyl halides is 1. The van der Waals surface area contributed by atoms with Gasteiger partial charge in [-0.2, -0.15) is 0 Å². The number of amides is 1. The molecule has 0 unspecified atom stereocenters. The fourth-order valence-electron chi connectivity index (χ4n) is 0.724. The van der Waals surface area contributed by atoms with Gasteiger partial charge in [-0.1, -0.05) is 5.16 Å². The van der Waals surface area contributed by atoms with E-state index in [4.69, 9.17) is 5.11 Å². The second kappa shape index (κ2) is 3.04. The van der Waals surface area contributed by atoms with Crippen molar-refractivity contribution in [2.75, 3.05) is 5.32 Å². The zero-order valence-electron chi connectivity index (χ0n) is 7.17. The van der Waals surface area contributed by atoms with Gasteiger partial charge in [0, 0.05) is 6.07 Å². The maximum Gasteiger partial charge on any atom is 0.410 e. The minimum atomic E-state index is -1.66. The quantitative estimate of drug-likeness (QED) is 0.743. The van der Waals surface area contributed by atoms with Gasteiger partial charge in [-0.3, -0.25) is 5.32 Å². The lowest BCUT2D eigenvalue weighted by atomic mass is 10.1. The number of halogens is 1. The summed E-state index contributed by atoms with van der Waals surface area (Å²) in [5.41, 5.74) is -1.66. The van der Waals surface area contributed by atoms with Crippen LogP contribution in [0.3, 0.4) is 0 Å². The highest BCUT2D eigenvalue weighted by Gasteiger charge is 2.24. The Morgan fingerprint density at radius 1 is 1.77 bits per heavy atom. The molecule has 0 bridgehead atoms. The van der Waals surface area contributed by atoms with E-state index in [2.05, 4.69) is 9.68 Å². The highest BCUT2D eigenvalue weighted by atomic mass is 19.1. The molecule has 1 aromatic heterocycles. The van der Waals surface area contributed by atoms with Gasteiger partial charge < -0.3 is 9.63 Å². The fourth-order valence-corrected chi connectivity index (χ4v) is 0.724. The normalized spacial score (nSPS) is 11.3. The minimum Gasteiger partial charge on any atom is -0.465 e. The molecule has 0 saturated carbocycles. The molecule has 6 heteroatoms. The lowest BCUT2D eigenvalue weighted by molar-refractivity contribution is 0.163. The van der Waals surface area contributed by atoms with Crippen LogP contribution in [0.2, 0.25) is 0 Å². The van der Waals surface area contributed by atoms with E-state index in [1.54, 1.807) is 0 Å². The molecule has 0 aliphatic carbocycles. The number of nitrogens with one attached hydrogen (secondary N) is 1. The highest BCUT2D eigenvalue weighted by Crippen LogP contribution is 2.26. The van der Waals surface area contributed by atoms with Crippen molar-refractivity contribution in [1.82, 2.24) is 5.16 Å². The highest BCUT2D eigenvalue weighted by molar-refractivity contribution is 5.81. The first kappa shape index (κ1) is 9.50. The van der Waals surface area contributed by atoms with E-state index in [-0.39, 0.29) is 11.6 Å². The summed E-state index contributed by atoms with van der Waals surface area (Å²) >= 11 is 0. The molecule has 72 valence electrons. The van der Waals surface area contributed by atoms with Gasteiger partial charge in [-0.25, -0.2) is 9.18 Å². The van der Waals surface area contributed by atoms with Crippen molar-refractivity contribution in [3.63, 3.8) is 0 Å². The average molecular weight is 188 g/mol. The molecule has 5 nitrogen and oxygen atoms in total. The van der Waals surface area contributed by atoms with Crippen LogP contribution in [0.25, 0.3) is 0 Å².